The molecule has 0 aromatic heterocycles. The SMILES string of the molecule is CCS(=O)(=O)CCCC(CN)c1ccccc1F. The number of hydrogen-bond donors (Lipinski definition) is 1. The largest absolute Gasteiger partial charge is 0.330 e. The molecule has 0 aliphatic rings. The number of benzene rings is 1. The minimum atomic E-state index is -2.95. The van der Waals surface area contributed by atoms with Crippen molar-refractivity contribution in [1.29, 1.82) is 0 Å². The Morgan fingerprint density at radius 1 is 1.33 bits per heavy atom. The highest BCUT2D eigenvalue weighted by Crippen LogP contribution is 2.23. The number of nitrogens with two attached hydrogens (primary N) is 1. The molecule has 2 N–H and O–H groups in total. The van der Waals surface area contributed by atoms with Gasteiger partial charge in [-0.15, -0.1) is 0 Å². The van der Waals surface area contributed by atoms with E-state index >= 15 is 0 Å². The minimum Gasteiger partial charge on any atom is -0.330 e. The molecule has 0 bridgehead atoms. The molecule has 1 rings (SSSR count). The Labute approximate surface area is 108 Å². The van der Waals surface area contributed by atoms with Gasteiger partial charge in [-0.25, -0.2) is 12.8 Å². The molecule has 0 heterocycles. The zero-order chi connectivity index (χ0) is 13.6. The van der Waals surface area contributed by atoms with Crippen molar-refractivity contribution in [2.75, 3.05) is 18.1 Å². The molecule has 0 aliphatic carbocycles. The number of halogens is 1. The topological polar surface area (TPSA) is 60.2 Å². The van der Waals surface area contributed by atoms with E-state index in [4.69, 9.17) is 5.73 Å². The Balaban J connectivity index is 2.61. The average molecular weight is 273 g/mol. The molecule has 0 aliphatic heterocycles. The van der Waals surface area contributed by atoms with Gasteiger partial charge in [0.15, 0.2) is 0 Å². The van der Waals surface area contributed by atoms with Gasteiger partial charge in [-0.2, -0.15) is 0 Å². The molecule has 3 nitrogen and oxygen atoms in total. The maximum Gasteiger partial charge on any atom is 0.150 e. The van der Waals surface area contributed by atoms with Crippen molar-refractivity contribution in [3.63, 3.8) is 0 Å². The highest BCUT2D eigenvalue weighted by molar-refractivity contribution is 7.91. The lowest BCUT2D eigenvalue weighted by Gasteiger charge is -2.15. The summed E-state index contributed by atoms with van der Waals surface area (Å²) in [7, 11) is -2.95. The van der Waals surface area contributed by atoms with Crippen LogP contribution >= 0.6 is 0 Å². The van der Waals surface area contributed by atoms with Gasteiger partial charge in [0.2, 0.25) is 0 Å². The lowest BCUT2D eigenvalue weighted by Crippen LogP contribution is -2.16. The fourth-order valence-electron chi connectivity index (χ4n) is 1.90. The molecule has 18 heavy (non-hydrogen) atoms. The summed E-state index contributed by atoms with van der Waals surface area (Å²) in [5, 5.41) is 0. The maximum absolute atomic E-state index is 13.6. The third-order valence-electron chi connectivity index (χ3n) is 3.08. The summed E-state index contributed by atoms with van der Waals surface area (Å²) in [6.45, 7) is 1.96. The lowest BCUT2D eigenvalue weighted by atomic mass is 9.94. The highest BCUT2D eigenvalue weighted by Gasteiger charge is 2.15. The molecule has 0 fully saturated rings. The molecule has 1 aromatic carbocycles. The molecule has 0 spiro atoms. The van der Waals surface area contributed by atoms with Crippen LogP contribution in [0.25, 0.3) is 0 Å². The third-order valence-corrected chi connectivity index (χ3v) is 4.87. The van der Waals surface area contributed by atoms with E-state index in [1.54, 1.807) is 25.1 Å². The predicted octanol–water partition coefficient (Wildman–Crippen LogP) is 2.08. The van der Waals surface area contributed by atoms with Gasteiger partial charge in [0.25, 0.3) is 0 Å². The van der Waals surface area contributed by atoms with E-state index in [1.165, 1.54) is 6.07 Å². The van der Waals surface area contributed by atoms with Crippen LogP contribution in [-0.2, 0) is 9.84 Å². The normalized spacial score (nSPS) is 13.5. The van der Waals surface area contributed by atoms with Crippen LogP contribution in [0.15, 0.2) is 24.3 Å². The van der Waals surface area contributed by atoms with E-state index in [0.717, 1.165) is 0 Å². The van der Waals surface area contributed by atoms with Gasteiger partial charge in [-0.3, -0.25) is 0 Å². The molecule has 1 unspecified atom stereocenters. The van der Waals surface area contributed by atoms with Gasteiger partial charge in [0, 0.05) is 5.75 Å². The summed E-state index contributed by atoms with van der Waals surface area (Å²) in [5.41, 5.74) is 6.22. The monoisotopic (exact) mass is 273 g/mol. The quantitative estimate of drug-likeness (QED) is 0.827. The highest BCUT2D eigenvalue weighted by atomic mass is 32.2. The Hall–Kier alpha value is -0.940. The summed E-state index contributed by atoms with van der Waals surface area (Å²) < 4.78 is 36.3. The van der Waals surface area contributed by atoms with Gasteiger partial charge >= 0.3 is 0 Å². The fraction of sp³-hybridized carbons (Fsp3) is 0.538. The van der Waals surface area contributed by atoms with Crippen molar-refractivity contribution >= 4 is 9.84 Å². The van der Waals surface area contributed by atoms with Crippen LogP contribution in [0, 0.1) is 5.82 Å². The molecule has 0 saturated heterocycles. The summed E-state index contributed by atoms with van der Waals surface area (Å²) in [5.74, 6) is -0.0846. The number of rotatable bonds is 7. The van der Waals surface area contributed by atoms with E-state index in [1.807, 2.05) is 0 Å². The fourth-order valence-corrected chi connectivity index (χ4v) is 2.80. The van der Waals surface area contributed by atoms with Crippen LogP contribution in [0.1, 0.15) is 31.2 Å². The van der Waals surface area contributed by atoms with Crippen LogP contribution in [-0.4, -0.2) is 26.5 Å². The van der Waals surface area contributed by atoms with Crippen molar-refractivity contribution in [3.8, 4) is 0 Å². The Kier molecular flexibility index (Phi) is 5.75. The zero-order valence-electron chi connectivity index (χ0n) is 10.6. The summed E-state index contributed by atoms with van der Waals surface area (Å²) in [4.78, 5) is 0. The molecular formula is C13H20FNO2S. The minimum absolute atomic E-state index is 0.113. The number of hydrogen-bond acceptors (Lipinski definition) is 3. The van der Waals surface area contributed by atoms with E-state index in [0.29, 0.717) is 24.9 Å². The standard InChI is InChI=1S/C13H20FNO2S/c1-2-18(16,17)9-5-6-11(10-15)12-7-3-4-8-13(12)14/h3-4,7-8,11H,2,5-6,9-10,15H2,1H3. The van der Waals surface area contributed by atoms with Gasteiger partial charge in [0.1, 0.15) is 15.7 Å². The summed E-state index contributed by atoms with van der Waals surface area (Å²) in [6.07, 6.45) is 1.11. The van der Waals surface area contributed by atoms with Gasteiger partial charge < -0.3 is 5.73 Å². The van der Waals surface area contributed by atoms with Crippen LogP contribution in [0.3, 0.4) is 0 Å². The van der Waals surface area contributed by atoms with Crippen molar-refractivity contribution in [3.05, 3.63) is 35.6 Å². The van der Waals surface area contributed by atoms with Crippen LogP contribution in [0.4, 0.5) is 4.39 Å². The first-order chi connectivity index (χ1) is 8.50. The van der Waals surface area contributed by atoms with Crippen LogP contribution in [0.2, 0.25) is 0 Å². The van der Waals surface area contributed by atoms with Crippen molar-refractivity contribution in [1.82, 2.24) is 0 Å². The zero-order valence-corrected chi connectivity index (χ0v) is 11.4. The lowest BCUT2D eigenvalue weighted by molar-refractivity contribution is 0.549. The van der Waals surface area contributed by atoms with Gasteiger partial charge in [-0.05, 0) is 36.9 Å². The summed E-state index contributed by atoms with van der Waals surface area (Å²) >= 11 is 0. The number of sulfone groups is 1. The predicted molar refractivity (Wildman–Crippen MR) is 71.8 cm³/mol. The third kappa shape index (κ3) is 4.38. The Morgan fingerprint density at radius 2 is 2.00 bits per heavy atom. The van der Waals surface area contributed by atoms with Crippen LogP contribution < -0.4 is 5.73 Å². The van der Waals surface area contributed by atoms with E-state index in [-0.39, 0.29) is 23.2 Å². The molecule has 0 radical (unpaired) electrons. The molecule has 1 atom stereocenters. The second-order valence-corrected chi connectivity index (χ2v) is 6.81. The Bertz CT molecular complexity index is 474. The molecule has 0 amide bonds. The smallest absolute Gasteiger partial charge is 0.150 e. The van der Waals surface area contributed by atoms with Crippen molar-refractivity contribution in [2.24, 2.45) is 5.73 Å². The first-order valence-electron chi connectivity index (χ1n) is 6.15. The van der Waals surface area contributed by atoms with E-state index in [2.05, 4.69) is 0 Å². The molecule has 102 valence electrons. The van der Waals surface area contributed by atoms with Crippen molar-refractivity contribution < 1.29 is 12.8 Å². The second-order valence-electron chi connectivity index (χ2n) is 4.33. The Morgan fingerprint density at radius 3 is 2.56 bits per heavy atom. The van der Waals surface area contributed by atoms with E-state index < -0.39 is 9.84 Å². The average Bonchev–Trinajstić information content (AvgIpc) is 2.36. The first-order valence-corrected chi connectivity index (χ1v) is 7.97. The molecule has 0 saturated carbocycles. The van der Waals surface area contributed by atoms with Gasteiger partial charge in [0.05, 0.1) is 5.75 Å². The summed E-state index contributed by atoms with van der Waals surface area (Å²) in [6, 6.07) is 6.51. The molecular weight excluding hydrogens is 253 g/mol. The second kappa shape index (κ2) is 6.85. The van der Waals surface area contributed by atoms with E-state index in [9.17, 15) is 12.8 Å². The van der Waals surface area contributed by atoms with Gasteiger partial charge in [-0.1, -0.05) is 25.1 Å². The van der Waals surface area contributed by atoms with Crippen LogP contribution in [0.5, 0.6) is 0 Å². The van der Waals surface area contributed by atoms with Crippen molar-refractivity contribution in [2.45, 2.75) is 25.7 Å². The first kappa shape index (κ1) is 15.1. The molecule has 1 aromatic rings. The molecule has 5 heteroatoms. The maximum atomic E-state index is 13.6.